The van der Waals surface area contributed by atoms with Gasteiger partial charge < -0.3 is 9.47 Å². The molecule has 1 aromatic carbocycles. The molecule has 0 amide bonds. The first kappa shape index (κ1) is 29.7. The molecule has 2 heterocycles. The molecule has 0 spiro atoms. The summed E-state index contributed by atoms with van der Waals surface area (Å²) in [5.74, 6) is 9.00. The van der Waals surface area contributed by atoms with Crippen molar-refractivity contribution in [3.8, 4) is 17.6 Å². The number of hydrogen-bond acceptors (Lipinski definition) is 5. The van der Waals surface area contributed by atoms with E-state index in [1.165, 1.54) is 41.0 Å². The number of thiophene rings is 1. The molecule has 1 aliphatic rings. The van der Waals surface area contributed by atoms with Crippen molar-refractivity contribution in [2.24, 2.45) is 0 Å². The van der Waals surface area contributed by atoms with Gasteiger partial charge in [0.25, 0.3) is 0 Å². The Morgan fingerprint density at radius 2 is 1.86 bits per heavy atom. The Morgan fingerprint density at radius 1 is 1.05 bits per heavy atom. The highest BCUT2D eigenvalue weighted by Crippen LogP contribution is 2.46. The number of benzene rings is 1. The second-order valence-electron chi connectivity index (χ2n) is 11.2. The third-order valence-electron chi connectivity index (χ3n) is 6.66. The second-order valence-corrected chi connectivity index (χ2v) is 13.5. The van der Waals surface area contributed by atoms with E-state index in [0.717, 1.165) is 47.6 Å². The third kappa shape index (κ3) is 9.11. The fourth-order valence-corrected chi connectivity index (χ4v) is 7.03. The van der Waals surface area contributed by atoms with Crippen LogP contribution >= 0.6 is 23.1 Å². The molecule has 0 bridgehead atoms. The molecule has 202 valence electrons. The molecule has 0 aliphatic carbocycles. The zero-order valence-electron chi connectivity index (χ0n) is 23.6. The van der Waals surface area contributed by atoms with Crippen LogP contribution in [0.3, 0.4) is 0 Å². The molecule has 0 unspecified atom stereocenters. The van der Waals surface area contributed by atoms with Crippen LogP contribution in [0.1, 0.15) is 114 Å². The zero-order chi connectivity index (χ0) is 26.9. The molecule has 0 N–H and O–H groups in total. The highest BCUT2D eigenvalue weighted by Gasteiger charge is 2.39. The quantitative estimate of drug-likeness (QED) is 0.116. The summed E-state index contributed by atoms with van der Waals surface area (Å²) in [6.07, 6.45) is 9.37. The van der Waals surface area contributed by atoms with Gasteiger partial charge in [0, 0.05) is 27.3 Å². The lowest BCUT2D eigenvalue weighted by Gasteiger charge is -2.42. The normalized spacial score (nSPS) is 15.3. The van der Waals surface area contributed by atoms with Crippen molar-refractivity contribution in [3.05, 3.63) is 45.1 Å². The zero-order valence-corrected chi connectivity index (χ0v) is 25.3. The van der Waals surface area contributed by atoms with E-state index in [4.69, 9.17) is 9.47 Å². The number of ether oxygens (including phenoxy) is 2. The van der Waals surface area contributed by atoms with E-state index < -0.39 is 0 Å². The minimum absolute atomic E-state index is 0.0392. The summed E-state index contributed by atoms with van der Waals surface area (Å²) in [6.45, 7) is 13.6. The van der Waals surface area contributed by atoms with Gasteiger partial charge in [0.1, 0.15) is 11.4 Å². The Balaban J connectivity index is 1.75. The van der Waals surface area contributed by atoms with Crippen LogP contribution in [0.15, 0.2) is 29.2 Å². The Morgan fingerprint density at radius 3 is 2.62 bits per heavy atom. The monoisotopic (exact) mass is 540 g/mol. The molecular formula is C32H44O3S2. The average Bonchev–Trinajstić information content (AvgIpc) is 3.27. The predicted molar refractivity (Wildman–Crippen MR) is 158 cm³/mol. The van der Waals surface area contributed by atoms with Crippen molar-refractivity contribution in [1.29, 1.82) is 0 Å². The summed E-state index contributed by atoms with van der Waals surface area (Å²) < 4.78 is 11.5. The summed E-state index contributed by atoms with van der Waals surface area (Å²) in [6, 6.07) is 8.84. The Labute approximate surface area is 233 Å². The summed E-state index contributed by atoms with van der Waals surface area (Å²) in [7, 11) is 0. The predicted octanol–water partition coefficient (Wildman–Crippen LogP) is 8.93. The van der Waals surface area contributed by atoms with Gasteiger partial charge in [-0.1, -0.05) is 51.9 Å². The van der Waals surface area contributed by atoms with Gasteiger partial charge in [-0.3, -0.25) is 4.79 Å². The van der Waals surface area contributed by atoms with E-state index in [1.807, 2.05) is 18.7 Å². The average molecular weight is 541 g/mol. The second kappa shape index (κ2) is 13.8. The maximum absolute atomic E-state index is 11.5. The van der Waals surface area contributed by atoms with Gasteiger partial charge in [0.05, 0.1) is 11.5 Å². The standard InChI is InChI=1S/C32H44O3S2/c1-7-9-10-13-20-36-29-22-28-27(31(3,4)23-32(5,6)35-28)21-24(29)16-17-26-19-18-25(37-26)14-11-12-15-30(33)34-8-2/h18-19,21-22H,7-15,20,23H2,1-6H3. The summed E-state index contributed by atoms with van der Waals surface area (Å²) in [4.78, 5) is 15.2. The molecule has 0 fully saturated rings. The molecule has 37 heavy (non-hydrogen) atoms. The van der Waals surface area contributed by atoms with Crippen LogP contribution in [0, 0.1) is 11.8 Å². The lowest BCUT2D eigenvalue weighted by Crippen LogP contribution is -2.41. The van der Waals surface area contributed by atoms with Gasteiger partial charge in [-0.05, 0) is 88.3 Å². The van der Waals surface area contributed by atoms with Crippen molar-refractivity contribution < 1.29 is 14.3 Å². The molecular weight excluding hydrogens is 496 g/mol. The van der Waals surface area contributed by atoms with Gasteiger partial charge in [-0.25, -0.2) is 0 Å². The fraction of sp³-hybridized carbons (Fsp3) is 0.594. The van der Waals surface area contributed by atoms with Gasteiger partial charge in [-0.15, -0.1) is 23.1 Å². The number of thioether (sulfide) groups is 1. The van der Waals surface area contributed by atoms with Crippen LogP contribution in [0.2, 0.25) is 0 Å². The number of carbonyl (C=O) groups excluding carboxylic acids is 1. The molecule has 5 heteroatoms. The van der Waals surface area contributed by atoms with E-state index in [-0.39, 0.29) is 17.0 Å². The van der Waals surface area contributed by atoms with Crippen LogP contribution in [0.25, 0.3) is 0 Å². The molecule has 3 rings (SSSR count). The number of aryl methyl sites for hydroxylation is 1. The largest absolute Gasteiger partial charge is 0.487 e. The van der Waals surface area contributed by atoms with Gasteiger partial charge in [0.15, 0.2) is 0 Å². The van der Waals surface area contributed by atoms with Crippen molar-refractivity contribution in [2.45, 2.75) is 115 Å². The van der Waals surface area contributed by atoms with Crippen LogP contribution in [0.5, 0.6) is 5.75 Å². The van der Waals surface area contributed by atoms with Crippen molar-refractivity contribution in [1.82, 2.24) is 0 Å². The van der Waals surface area contributed by atoms with Crippen molar-refractivity contribution in [3.63, 3.8) is 0 Å². The minimum atomic E-state index is -0.170. The van der Waals surface area contributed by atoms with Crippen LogP contribution < -0.4 is 4.74 Å². The van der Waals surface area contributed by atoms with Gasteiger partial charge in [0.2, 0.25) is 0 Å². The highest BCUT2D eigenvalue weighted by atomic mass is 32.2. The van der Waals surface area contributed by atoms with Gasteiger partial charge >= 0.3 is 5.97 Å². The third-order valence-corrected chi connectivity index (χ3v) is 8.86. The maximum Gasteiger partial charge on any atom is 0.305 e. The smallest absolute Gasteiger partial charge is 0.305 e. The van der Waals surface area contributed by atoms with E-state index >= 15 is 0 Å². The van der Waals surface area contributed by atoms with Crippen molar-refractivity contribution >= 4 is 29.1 Å². The first-order chi connectivity index (χ1) is 17.6. The Kier molecular flexibility index (Phi) is 11.0. The molecule has 0 atom stereocenters. The van der Waals surface area contributed by atoms with Crippen LogP contribution in [-0.4, -0.2) is 23.9 Å². The van der Waals surface area contributed by atoms with Crippen LogP contribution in [-0.2, 0) is 21.4 Å². The highest BCUT2D eigenvalue weighted by molar-refractivity contribution is 7.99. The van der Waals surface area contributed by atoms with E-state index in [9.17, 15) is 4.79 Å². The van der Waals surface area contributed by atoms with E-state index in [2.05, 4.69) is 70.7 Å². The lowest BCUT2D eigenvalue weighted by molar-refractivity contribution is -0.143. The Bertz CT molecular complexity index is 1100. The number of rotatable bonds is 12. The lowest BCUT2D eigenvalue weighted by atomic mass is 9.73. The first-order valence-electron chi connectivity index (χ1n) is 13.9. The number of fused-ring (bicyclic) bond motifs is 1. The number of esters is 1. The number of unbranched alkanes of at least 4 members (excludes halogenated alkanes) is 4. The Hall–Kier alpha value is -1.90. The minimum Gasteiger partial charge on any atom is -0.487 e. The van der Waals surface area contributed by atoms with Crippen LogP contribution in [0.4, 0.5) is 0 Å². The summed E-state index contributed by atoms with van der Waals surface area (Å²) in [5.41, 5.74) is 2.24. The molecule has 1 aromatic heterocycles. The molecule has 0 radical (unpaired) electrons. The first-order valence-corrected chi connectivity index (χ1v) is 15.7. The van der Waals surface area contributed by atoms with Gasteiger partial charge in [-0.2, -0.15) is 0 Å². The maximum atomic E-state index is 11.5. The topological polar surface area (TPSA) is 35.5 Å². The SMILES string of the molecule is CCCCCCSc1cc2c(cc1C#Cc1ccc(CCCCC(=O)OCC)s1)C(C)(C)CC(C)(C)O2. The molecule has 1 aliphatic heterocycles. The fourth-order valence-electron chi connectivity index (χ4n) is 5.11. The molecule has 2 aromatic rings. The molecule has 0 saturated carbocycles. The number of hydrogen-bond donors (Lipinski definition) is 0. The number of carbonyl (C=O) groups is 1. The van der Waals surface area contributed by atoms with E-state index in [0.29, 0.717) is 13.0 Å². The van der Waals surface area contributed by atoms with E-state index in [1.54, 1.807) is 11.3 Å². The van der Waals surface area contributed by atoms with Crippen molar-refractivity contribution in [2.75, 3.05) is 12.4 Å². The molecule has 3 nitrogen and oxygen atoms in total. The summed E-state index contributed by atoms with van der Waals surface area (Å²) >= 11 is 3.67. The molecule has 0 saturated heterocycles. The summed E-state index contributed by atoms with van der Waals surface area (Å²) in [5, 5.41) is 0.